The number of nitro benzene ring substituents is 1. The number of amides is 1. The van der Waals surface area contributed by atoms with Crippen molar-refractivity contribution >= 4 is 17.3 Å². The van der Waals surface area contributed by atoms with Crippen LogP contribution in [0.25, 0.3) is 0 Å². The third kappa shape index (κ3) is 3.95. The first-order chi connectivity index (χ1) is 10.6. The Morgan fingerprint density at radius 1 is 1.18 bits per heavy atom. The Hall–Kier alpha value is -3.09. The summed E-state index contributed by atoms with van der Waals surface area (Å²) in [4.78, 5) is 21.9. The van der Waals surface area contributed by atoms with Crippen LogP contribution in [0.1, 0.15) is 0 Å². The second kappa shape index (κ2) is 7.07. The fraction of sp³-hybridized carbons (Fsp3) is 0.133. The predicted molar refractivity (Wildman–Crippen MR) is 80.2 cm³/mol. The second-order valence-corrected chi connectivity index (χ2v) is 4.29. The number of carbonyl (C=O) groups excluding carboxylic acids is 1. The summed E-state index contributed by atoms with van der Waals surface area (Å²) in [5.74, 6) is 0.565. The molecule has 22 heavy (non-hydrogen) atoms. The number of rotatable bonds is 6. The van der Waals surface area contributed by atoms with Crippen LogP contribution in [-0.2, 0) is 4.79 Å². The number of carbonyl (C=O) groups is 1. The Morgan fingerprint density at radius 3 is 2.50 bits per heavy atom. The predicted octanol–water partition coefficient (Wildman–Crippen LogP) is 2.62. The quantitative estimate of drug-likeness (QED) is 0.654. The highest BCUT2D eigenvalue weighted by Gasteiger charge is 2.09. The summed E-state index contributed by atoms with van der Waals surface area (Å²) >= 11 is 0. The molecule has 0 spiro atoms. The standard InChI is InChI=1S/C15H14N2O5/c1-21-14-5-3-2-4-13(14)16-15(18)10-22-12-8-6-11(7-9-12)17(19)20/h2-9H,10H2,1H3,(H,16,18). The van der Waals surface area contributed by atoms with Gasteiger partial charge in [-0.3, -0.25) is 14.9 Å². The molecule has 2 rings (SSSR count). The van der Waals surface area contributed by atoms with E-state index >= 15 is 0 Å². The van der Waals surface area contributed by atoms with E-state index < -0.39 is 4.92 Å². The van der Waals surface area contributed by atoms with Gasteiger partial charge in [0, 0.05) is 12.1 Å². The van der Waals surface area contributed by atoms with E-state index in [1.54, 1.807) is 24.3 Å². The molecule has 0 saturated carbocycles. The molecule has 0 aliphatic carbocycles. The van der Waals surface area contributed by atoms with Gasteiger partial charge < -0.3 is 14.8 Å². The number of hydrogen-bond acceptors (Lipinski definition) is 5. The molecule has 0 saturated heterocycles. The Balaban J connectivity index is 1.91. The van der Waals surface area contributed by atoms with Crippen LogP contribution in [0.5, 0.6) is 11.5 Å². The minimum atomic E-state index is -0.502. The molecule has 7 nitrogen and oxygen atoms in total. The van der Waals surface area contributed by atoms with Gasteiger partial charge in [0.2, 0.25) is 0 Å². The molecule has 0 heterocycles. The molecule has 2 aromatic rings. The first-order valence-electron chi connectivity index (χ1n) is 6.40. The van der Waals surface area contributed by atoms with Crippen LogP contribution in [0.4, 0.5) is 11.4 Å². The van der Waals surface area contributed by atoms with E-state index in [0.29, 0.717) is 17.2 Å². The molecule has 114 valence electrons. The summed E-state index contributed by atoms with van der Waals surface area (Å²) in [7, 11) is 1.51. The third-order valence-corrected chi connectivity index (χ3v) is 2.80. The van der Waals surface area contributed by atoms with Gasteiger partial charge in [-0.2, -0.15) is 0 Å². The Kier molecular flexibility index (Phi) is 4.92. The lowest BCUT2D eigenvalue weighted by atomic mass is 10.3. The smallest absolute Gasteiger partial charge is 0.269 e. The number of para-hydroxylation sites is 2. The van der Waals surface area contributed by atoms with Gasteiger partial charge >= 0.3 is 0 Å². The number of anilines is 1. The van der Waals surface area contributed by atoms with Gasteiger partial charge in [-0.1, -0.05) is 12.1 Å². The molecule has 7 heteroatoms. The molecule has 0 unspecified atom stereocenters. The Labute approximate surface area is 126 Å². The number of nitrogens with zero attached hydrogens (tertiary/aromatic N) is 1. The number of non-ortho nitro benzene ring substituents is 1. The molecular formula is C15H14N2O5. The molecular weight excluding hydrogens is 288 g/mol. The van der Waals surface area contributed by atoms with Crippen molar-refractivity contribution in [1.82, 2.24) is 0 Å². The van der Waals surface area contributed by atoms with Gasteiger partial charge in [-0.25, -0.2) is 0 Å². The molecule has 0 atom stereocenters. The van der Waals surface area contributed by atoms with Crippen molar-refractivity contribution in [1.29, 1.82) is 0 Å². The lowest BCUT2D eigenvalue weighted by molar-refractivity contribution is -0.384. The zero-order valence-corrected chi connectivity index (χ0v) is 11.8. The summed E-state index contributed by atoms with van der Waals surface area (Å²) in [5, 5.41) is 13.2. The zero-order valence-electron chi connectivity index (χ0n) is 11.8. The van der Waals surface area contributed by atoms with Gasteiger partial charge in [0.25, 0.3) is 11.6 Å². The summed E-state index contributed by atoms with van der Waals surface area (Å²) in [6.45, 7) is -0.212. The minimum Gasteiger partial charge on any atom is -0.495 e. The molecule has 1 N–H and O–H groups in total. The van der Waals surface area contributed by atoms with E-state index in [1.807, 2.05) is 0 Å². The molecule has 0 aliphatic rings. The van der Waals surface area contributed by atoms with Gasteiger partial charge in [0.05, 0.1) is 17.7 Å². The minimum absolute atomic E-state index is 0.0363. The molecule has 0 radical (unpaired) electrons. The van der Waals surface area contributed by atoms with Crippen molar-refractivity contribution in [2.45, 2.75) is 0 Å². The van der Waals surface area contributed by atoms with E-state index in [0.717, 1.165) is 0 Å². The zero-order chi connectivity index (χ0) is 15.9. The average Bonchev–Trinajstić information content (AvgIpc) is 2.54. The summed E-state index contributed by atoms with van der Waals surface area (Å²) in [5.41, 5.74) is 0.508. The number of methoxy groups -OCH3 is 1. The Bertz CT molecular complexity index is 670. The molecule has 0 aromatic heterocycles. The maximum absolute atomic E-state index is 11.8. The SMILES string of the molecule is COc1ccccc1NC(=O)COc1ccc([N+](=O)[O-])cc1. The van der Waals surface area contributed by atoms with Crippen LogP contribution in [0.2, 0.25) is 0 Å². The summed E-state index contributed by atoms with van der Waals surface area (Å²) < 4.78 is 10.4. The van der Waals surface area contributed by atoms with Crippen LogP contribution in [0.3, 0.4) is 0 Å². The number of nitrogens with one attached hydrogen (secondary N) is 1. The van der Waals surface area contributed by atoms with Crippen LogP contribution in [-0.4, -0.2) is 24.5 Å². The van der Waals surface area contributed by atoms with Gasteiger partial charge in [0.15, 0.2) is 6.61 Å². The summed E-state index contributed by atoms with van der Waals surface area (Å²) in [6.07, 6.45) is 0. The Morgan fingerprint density at radius 2 is 1.86 bits per heavy atom. The van der Waals surface area contributed by atoms with Crippen molar-refractivity contribution in [2.75, 3.05) is 19.0 Å². The van der Waals surface area contributed by atoms with Crippen molar-refractivity contribution in [3.8, 4) is 11.5 Å². The topological polar surface area (TPSA) is 90.7 Å². The molecule has 1 amide bonds. The number of hydrogen-bond donors (Lipinski definition) is 1. The number of nitro groups is 1. The highest BCUT2D eigenvalue weighted by atomic mass is 16.6. The van der Waals surface area contributed by atoms with E-state index in [-0.39, 0.29) is 18.2 Å². The lowest BCUT2D eigenvalue weighted by Gasteiger charge is -2.10. The van der Waals surface area contributed by atoms with Crippen LogP contribution >= 0.6 is 0 Å². The van der Waals surface area contributed by atoms with Gasteiger partial charge in [0.1, 0.15) is 11.5 Å². The van der Waals surface area contributed by atoms with E-state index in [4.69, 9.17) is 9.47 Å². The highest BCUT2D eigenvalue weighted by molar-refractivity contribution is 5.93. The van der Waals surface area contributed by atoms with Gasteiger partial charge in [-0.05, 0) is 24.3 Å². The van der Waals surface area contributed by atoms with Crippen LogP contribution in [0, 0.1) is 10.1 Å². The monoisotopic (exact) mass is 302 g/mol. The first-order valence-corrected chi connectivity index (χ1v) is 6.40. The fourth-order valence-corrected chi connectivity index (χ4v) is 1.75. The molecule has 0 aliphatic heterocycles. The van der Waals surface area contributed by atoms with Crippen molar-refractivity contribution in [3.63, 3.8) is 0 Å². The highest BCUT2D eigenvalue weighted by Crippen LogP contribution is 2.23. The van der Waals surface area contributed by atoms with E-state index in [9.17, 15) is 14.9 Å². The van der Waals surface area contributed by atoms with Gasteiger partial charge in [-0.15, -0.1) is 0 Å². The van der Waals surface area contributed by atoms with Crippen molar-refractivity contribution in [3.05, 3.63) is 58.6 Å². The number of benzene rings is 2. The summed E-state index contributed by atoms with van der Waals surface area (Å²) in [6, 6.07) is 12.5. The van der Waals surface area contributed by atoms with Crippen molar-refractivity contribution in [2.24, 2.45) is 0 Å². The lowest BCUT2D eigenvalue weighted by Crippen LogP contribution is -2.20. The van der Waals surface area contributed by atoms with Crippen LogP contribution < -0.4 is 14.8 Å². The average molecular weight is 302 g/mol. The van der Waals surface area contributed by atoms with E-state index in [2.05, 4.69) is 5.32 Å². The second-order valence-electron chi connectivity index (χ2n) is 4.29. The maximum atomic E-state index is 11.8. The molecule has 0 fully saturated rings. The van der Waals surface area contributed by atoms with Crippen LogP contribution in [0.15, 0.2) is 48.5 Å². The normalized spacial score (nSPS) is 9.86. The fourth-order valence-electron chi connectivity index (χ4n) is 1.75. The largest absolute Gasteiger partial charge is 0.495 e. The van der Waals surface area contributed by atoms with Crippen molar-refractivity contribution < 1.29 is 19.2 Å². The molecule has 0 bridgehead atoms. The molecule has 2 aromatic carbocycles. The van der Waals surface area contributed by atoms with E-state index in [1.165, 1.54) is 31.4 Å². The first kappa shape index (κ1) is 15.3. The third-order valence-electron chi connectivity index (χ3n) is 2.80. The maximum Gasteiger partial charge on any atom is 0.269 e. The number of ether oxygens (including phenoxy) is 2.